The highest BCUT2D eigenvalue weighted by Gasteiger charge is 2.71. The molecule has 1 spiro atoms. The van der Waals surface area contributed by atoms with Gasteiger partial charge in [0.2, 0.25) is 11.8 Å². The number of nitrogens with one attached hydrogen (secondary N) is 1. The van der Waals surface area contributed by atoms with Crippen LogP contribution in [0.4, 0.5) is 0 Å². The molecule has 33 heavy (non-hydrogen) atoms. The summed E-state index contributed by atoms with van der Waals surface area (Å²) >= 11 is 0. The number of rotatable bonds is 5. The molecule has 6 rings (SSSR count). The predicted octanol–water partition coefficient (Wildman–Crippen LogP) is 3.87. The highest BCUT2D eigenvalue weighted by Crippen LogP contribution is 2.58. The van der Waals surface area contributed by atoms with Gasteiger partial charge in [-0.1, -0.05) is 85.2 Å². The number of carbonyl (C=O) groups is 2. The Balaban J connectivity index is 1.39. The molecule has 1 N–H and O–H groups in total. The summed E-state index contributed by atoms with van der Waals surface area (Å²) in [5, 5.41) is 3.26. The number of benzene rings is 2. The predicted molar refractivity (Wildman–Crippen MR) is 125 cm³/mol. The van der Waals surface area contributed by atoms with E-state index in [0.29, 0.717) is 6.54 Å². The maximum atomic E-state index is 14.0. The third-order valence-electron chi connectivity index (χ3n) is 7.98. The first-order valence-corrected chi connectivity index (χ1v) is 12.2. The number of fused-ring (bicyclic) bond motifs is 1. The fourth-order valence-corrected chi connectivity index (χ4v) is 6.44. The van der Waals surface area contributed by atoms with E-state index in [0.717, 1.165) is 36.8 Å². The number of carbonyl (C=O) groups excluding carboxylic acids is 2. The molecule has 4 aliphatic rings. The van der Waals surface area contributed by atoms with Crippen LogP contribution >= 0.6 is 0 Å². The topological polar surface area (TPSA) is 58.6 Å². The summed E-state index contributed by atoms with van der Waals surface area (Å²) in [7, 11) is 0. The van der Waals surface area contributed by atoms with Crippen LogP contribution in [-0.4, -0.2) is 40.5 Å². The molecule has 3 aliphatic heterocycles. The van der Waals surface area contributed by atoms with E-state index in [9.17, 15) is 9.59 Å². The van der Waals surface area contributed by atoms with Crippen molar-refractivity contribution >= 4 is 11.8 Å². The number of likely N-dealkylation sites (tertiary alicyclic amines) is 1. The van der Waals surface area contributed by atoms with Gasteiger partial charge in [0.25, 0.3) is 0 Å². The van der Waals surface area contributed by atoms with Crippen LogP contribution in [0.5, 0.6) is 0 Å². The summed E-state index contributed by atoms with van der Waals surface area (Å²) in [6.45, 7) is 2.46. The van der Waals surface area contributed by atoms with Crippen LogP contribution in [0.1, 0.15) is 48.3 Å². The normalized spacial score (nSPS) is 32.5. The summed E-state index contributed by atoms with van der Waals surface area (Å²) in [5.74, 6) is -0.528. The lowest BCUT2D eigenvalue weighted by Crippen LogP contribution is -2.55. The minimum absolute atomic E-state index is 0.0165. The average Bonchev–Trinajstić information content (AvgIpc) is 3.59. The van der Waals surface area contributed by atoms with Crippen molar-refractivity contribution in [2.75, 3.05) is 0 Å². The van der Waals surface area contributed by atoms with E-state index in [1.165, 1.54) is 5.56 Å². The Morgan fingerprint density at radius 1 is 1.09 bits per heavy atom. The molecule has 0 aromatic heterocycles. The zero-order chi connectivity index (χ0) is 22.6. The Labute approximate surface area is 194 Å². The zero-order valence-corrected chi connectivity index (χ0v) is 18.9. The molecule has 5 unspecified atom stereocenters. The largest absolute Gasteiger partial charge is 0.359 e. The van der Waals surface area contributed by atoms with E-state index < -0.39 is 11.6 Å². The van der Waals surface area contributed by atoms with Gasteiger partial charge in [-0.3, -0.25) is 9.59 Å². The van der Waals surface area contributed by atoms with E-state index in [-0.39, 0.29) is 35.8 Å². The Kier molecular flexibility index (Phi) is 4.91. The summed E-state index contributed by atoms with van der Waals surface area (Å²) < 4.78 is 6.57. The first-order chi connectivity index (χ1) is 16.1. The highest BCUT2D eigenvalue weighted by molar-refractivity contribution is 5.97. The van der Waals surface area contributed by atoms with Crippen LogP contribution in [-0.2, 0) is 20.9 Å². The second kappa shape index (κ2) is 7.84. The SMILES string of the molecule is Cc1ccc(CN2C(=O)C3C(c4ccccc4)C4C=CC3(O4)C2C(=O)NC2CCCC2)cc1. The molecular weight excluding hydrogens is 412 g/mol. The molecule has 2 amide bonds. The minimum atomic E-state index is -0.907. The maximum Gasteiger partial charge on any atom is 0.246 e. The number of hydrogen-bond acceptors (Lipinski definition) is 3. The van der Waals surface area contributed by atoms with Gasteiger partial charge < -0.3 is 15.0 Å². The molecule has 5 heteroatoms. The van der Waals surface area contributed by atoms with E-state index >= 15 is 0 Å². The Morgan fingerprint density at radius 2 is 1.82 bits per heavy atom. The lowest BCUT2D eigenvalue weighted by Gasteiger charge is -2.33. The Morgan fingerprint density at radius 3 is 2.55 bits per heavy atom. The lowest BCUT2D eigenvalue weighted by molar-refractivity contribution is -0.140. The Hall–Kier alpha value is -2.92. The minimum Gasteiger partial charge on any atom is -0.359 e. The number of hydrogen-bond donors (Lipinski definition) is 1. The number of amides is 2. The number of nitrogens with zero attached hydrogens (tertiary/aromatic N) is 1. The van der Waals surface area contributed by atoms with Crippen LogP contribution in [0.3, 0.4) is 0 Å². The van der Waals surface area contributed by atoms with Crippen molar-refractivity contribution in [3.05, 3.63) is 83.4 Å². The summed E-state index contributed by atoms with van der Waals surface area (Å²) in [6, 6.07) is 17.9. The van der Waals surface area contributed by atoms with Crippen molar-refractivity contribution < 1.29 is 14.3 Å². The maximum absolute atomic E-state index is 14.0. The second-order valence-electron chi connectivity index (χ2n) is 10.1. The lowest BCUT2D eigenvalue weighted by atomic mass is 9.72. The van der Waals surface area contributed by atoms with Gasteiger partial charge in [0.05, 0.1) is 12.0 Å². The molecule has 0 radical (unpaired) electrons. The van der Waals surface area contributed by atoms with Crippen molar-refractivity contribution in [1.82, 2.24) is 10.2 Å². The van der Waals surface area contributed by atoms with Crippen LogP contribution < -0.4 is 5.32 Å². The molecule has 3 fully saturated rings. The first-order valence-electron chi connectivity index (χ1n) is 12.2. The number of aryl methyl sites for hydroxylation is 1. The summed E-state index contributed by atoms with van der Waals surface area (Å²) in [6.07, 6.45) is 8.19. The third kappa shape index (κ3) is 3.24. The van der Waals surface area contributed by atoms with Crippen LogP contribution in [0.15, 0.2) is 66.7 Å². The fourth-order valence-electron chi connectivity index (χ4n) is 6.44. The van der Waals surface area contributed by atoms with E-state index in [1.807, 2.05) is 43.3 Å². The highest BCUT2D eigenvalue weighted by atomic mass is 16.5. The molecule has 2 bridgehead atoms. The standard InChI is InChI=1S/C28H30N2O3/c1-18-11-13-19(14-12-18)17-30-25(26(31)29-21-9-5-6-10-21)28-16-15-22(33-28)23(24(28)27(30)32)20-7-3-2-4-8-20/h2-4,7-8,11-16,21-25H,5-6,9-10,17H2,1H3,(H,29,31). The smallest absolute Gasteiger partial charge is 0.246 e. The third-order valence-corrected chi connectivity index (χ3v) is 7.98. The van der Waals surface area contributed by atoms with Gasteiger partial charge in [-0.25, -0.2) is 0 Å². The van der Waals surface area contributed by atoms with Crippen molar-refractivity contribution in [3.8, 4) is 0 Å². The summed E-state index contributed by atoms with van der Waals surface area (Å²) in [4.78, 5) is 29.5. The molecule has 170 valence electrons. The van der Waals surface area contributed by atoms with Crippen LogP contribution in [0, 0.1) is 12.8 Å². The molecule has 2 aromatic rings. The van der Waals surface area contributed by atoms with E-state index in [1.54, 1.807) is 4.90 Å². The van der Waals surface area contributed by atoms with Crippen LogP contribution in [0.2, 0.25) is 0 Å². The molecule has 2 saturated heterocycles. The van der Waals surface area contributed by atoms with Crippen molar-refractivity contribution in [2.45, 2.75) is 68.9 Å². The molecular formula is C28H30N2O3. The molecule has 5 atom stereocenters. The fraction of sp³-hybridized carbons (Fsp3) is 0.429. The van der Waals surface area contributed by atoms with Gasteiger partial charge in [-0.15, -0.1) is 0 Å². The van der Waals surface area contributed by atoms with Gasteiger partial charge in [0.15, 0.2) is 0 Å². The van der Waals surface area contributed by atoms with Crippen molar-refractivity contribution in [1.29, 1.82) is 0 Å². The van der Waals surface area contributed by atoms with Crippen molar-refractivity contribution in [3.63, 3.8) is 0 Å². The monoisotopic (exact) mass is 442 g/mol. The van der Waals surface area contributed by atoms with Crippen molar-refractivity contribution in [2.24, 2.45) is 5.92 Å². The van der Waals surface area contributed by atoms with Gasteiger partial charge in [0, 0.05) is 18.5 Å². The van der Waals surface area contributed by atoms with Gasteiger partial charge in [0.1, 0.15) is 11.6 Å². The second-order valence-corrected chi connectivity index (χ2v) is 10.1. The van der Waals surface area contributed by atoms with Gasteiger partial charge in [-0.05, 0) is 30.9 Å². The zero-order valence-electron chi connectivity index (χ0n) is 18.9. The average molecular weight is 443 g/mol. The van der Waals surface area contributed by atoms with E-state index in [4.69, 9.17) is 4.74 Å². The van der Waals surface area contributed by atoms with Gasteiger partial charge in [-0.2, -0.15) is 0 Å². The molecule has 1 aliphatic carbocycles. The summed E-state index contributed by atoms with van der Waals surface area (Å²) in [5.41, 5.74) is 2.39. The first kappa shape index (κ1) is 20.7. The quantitative estimate of drug-likeness (QED) is 0.715. The van der Waals surface area contributed by atoms with Crippen LogP contribution in [0.25, 0.3) is 0 Å². The number of ether oxygens (including phenoxy) is 1. The molecule has 1 saturated carbocycles. The molecule has 3 heterocycles. The molecule has 5 nitrogen and oxygen atoms in total. The Bertz CT molecular complexity index is 1090. The van der Waals surface area contributed by atoms with E-state index in [2.05, 4.69) is 35.7 Å². The molecule has 2 aromatic carbocycles. The van der Waals surface area contributed by atoms with Gasteiger partial charge >= 0.3 is 0 Å².